The molecule has 140 valence electrons. The van der Waals surface area contributed by atoms with Gasteiger partial charge >= 0.3 is 6.18 Å². The quantitative estimate of drug-likeness (QED) is 0.800. The number of aryl methyl sites for hydroxylation is 1. The van der Waals surface area contributed by atoms with Gasteiger partial charge in [0.25, 0.3) is 0 Å². The summed E-state index contributed by atoms with van der Waals surface area (Å²) in [5, 5.41) is 6.45. The number of nitrogens with zero attached hydrogens (tertiary/aromatic N) is 3. The van der Waals surface area contributed by atoms with Crippen molar-refractivity contribution in [3.8, 4) is 0 Å². The van der Waals surface area contributed by atoms with Crippen LogP contribution in [0.5, 0.6) is 0 Å². The zero-order valence-electron chi connectivity index (χ0n) is 14.4. The average molecular weight is 366 g/mol. The summed E-state index contributed by atoms with van der Waals surface area (Å²) in [5.74, 6) is -0.324. The average Bonchev–Trinajstić information content (AvgIpc) is 2.99. The fraction of sp³-hybridized carbons (Fsp3) is 0.500. The van der Waals surface area contributed by atoms with E-state index in [4.69, 9.17) is 0 Å². The van der Waals surface area contributed by atoms with E-state index in [1.165, 1.54) is 4.68 Å². The lowest BCUT2D eigenvalue weighted by Crippen LogP contribution is -2.30. The summed E-state index contributed by atoms with van der Waals surface area (Å²) in [5.41, 5.74) is 0.909. The molecule has 0 atom stereocenters. The van der Waals surface area contributed by atoms with Gasteiger partial charge in [-0.05, 0) is 50.7 Å². The molecule has 2 heterocycles. The Hall–Kier alpha value is -2.38. The Kier molecular flexibility index (Phi) is 5.58. The normalized spacial score (nSPS) is 14.1. The van der Waals surface area contributed by atoms with E-state index < -0.39 is 11.9 Å². The molecule has 0 saturated carbocycles. The number of aromatic nitrogens is 3. The zero-order valence-corrected chi connectivity index (χ0v) is 14.4. The molecule has 0 unspecified atom stereocenters. The van der Waals surface area contributed by atoms with Crippen molar-refractivity contribution in [3.05, 3.63) is 47.0 Å². The number of hydrogen-bond acceptors (Lipinski definition) is 3. The molecule has 0 bridgehead atoms. The molecule has 2 aromatic heterocycles. The maximum absolute atomic E-state index is 13.2. The first-order valence-electron chi connectivity index (χ1n) is 8.77. The summed E-state index contributed by atoms with van der Waals surface area (Å²) in [7, 11) is 0. The lowest BCUT2D eigenvalue weighted by atomic mass is 9.95. The Morgan fingerprint density at radius 3 is 2.77 bits per heavy atom. The second-order valence-electron chi connectivity index (χ2n) is 6.41. The molecule has 1 aliphatic rings. The third kappa shape index (κ3) is 4.42. The second-order valence-corrected chi connectivity index (χ2v) is 6.41. The molecule has 1 N–H and O–H groups in total. The first-order valence-corrected chi connectivity index (χ1v) is 8.77. The maximum atomic E-state index is 13.2. The number of carbonyl (C=O) groups excluding carboxylic acids is 1. The summed E-state index contributed by atoms with van der Waals surface area (Å²) < 4.78 is 40.7. The number of alkyl halides is 3. The van der Waals surface area contributed by atoms with Gasteiger partial charge in [-0.15, -0.1) is 0 Å². The van der Waals surface area contributed by atoms with E-state index in [9.17, 15) is 18.0 Å². The van der Waals surface area contributed by atoms with Crippen LogP contribution >= 0.6 is 0 Å². The van der Waals surface area contributed by atoms with E-state index >= 15 is 0 Å². The Morgan fingerprint density at radius 2 is 2.04 bits per heavy atom. The number of amides is 1. The molecular formula is C18H21F3N4O. The van der Waals surface area contributed by atoms with Crippen LogP contribution in [0.25, 0.3) is 0 Å². The van der Waals surface area contributed by atoms with Gasteiger partial charge in [-0.2, -0.15) is 18.3 Å². The van der Waals surface area contributed by atoms with E-state index in [-0.39, 0.29) is 18.0 Å². The van der Waals surface area contributed by atoms with Crippen LogP contribution in [0.15, 0.2) is 24.4 Å². The van der Waals surface area contributed by atoms with Crippen molar-refractivity contribution < 1.29 is 18.0 Å². The SMILES string of the molecule is O=C(Cn1nc(C(F)(F)F)c2c1CCCC2)NCCCc1ccccn1. The summed E-state index contributed by atoms with van der Waals surface area (Å²) in [6.07, 6.45) is 1.13. The highest BCUT2D eigenvalue weighted by Crippen LogP contribution is 2.35. The van der Waals surface area contributed by atoms with E-state index in [1.54, 1.807) is 6.20 Å². The molecule has 0 aliphatic heterocycles. The first kappa shape index (κ1) is 18.4. The van der Waals surface area contributed by atoms with Crippen LogP contribution in [0, 0.1) is 0 Å². The lowest BCUT2D eigenvalue weighted by Gasteiger charge is -2.14. The van der Waals surface area contributed by atoms with Crippen LogP contribution in [-0.4, -0.2) is 27.2 Å². The molecule has 5 nitrogen and oxygen atoms in total. The minimum Gasteiger partial charge on any atom is -0.354 e. The van der Waals surface area contributed by atoms with Gasteiger partial charge < -0.3 is 5.32 Å². The van der Waals surface area contributed by atoms with E-state index in [0.29, 0.717) is 31.5 Å². The zero-order chi connectivity index (χ0) is 18.6. The second kappa shape index (κ2) is 7.88. The van der Waals surface area contributed by atoms with E-state index in [2.05, 4.69) is 15.4 Å². The highest BCUT2D eigenvalue weighted by molar-refractivity contribution is 5.75. The lowest BCUT2D eigenvalue weighted by molar-refractivity contribution is -0.142. The highest BCUT2D eigenvalue weighted by atomic mass is 19.4. The van der Waals surface area contributed by atoms with Crippen LogP contribution in [0.4, 0.5) is 13.2 Å². The maximum Gasteiger partial charge on any atom is 0.435 e. The molecule has 0 fully saturated rings. The van der Waals surface area contributed by atoms with Gasteiger partial charge in [0.15, 0.2) is 5.69 Å². The summed E-state index contributed by atoms with van der Waals surface area (Å²) >= 11 is 0. The fourth-order valence-corrected chi connectivity index (χ4v) is 3.26. The number of hydrogen-bond donors (Lipinski definition) is 1. The molecule has 0 radical (unpaired) electrons. The largest absolute Gasteiger partial charge is 0.435 e. The third-order valence-corrected chi connectivity index (χ3v) is 4.48. The Balaban J connectivity index is 1.56. The summed E-state index contributed by atoms with van der Waals surface area (Å²) in [4.78, 5) is 16.3. The molecule has 8 heteroatoms. The van der Waals surface area contributed by atoms with Gasteiger partial charge in [0.05, 0.1) is 0 Å². The van der Waals surface area contributed by atoms with Gasteiger partial charge in [0.2, 0.25) is 5.91 Å². The Bertz CT molecular complexity index is 756. The standard InChI is InChI=1S/C18H21F3N4O/c19-18(20,21)17-14-8-1-2-9-15(14)25(24-17)12-16(26)23-11-5-7-13-6-3-4-10-22-13/h3-4,6,10H,1-2,5,7-9,11-12H2,(H,23,26). The fourth-order valence-electron chi connectivity index (χ4n) is 3.26. The molecule has 0 aromatic carbocycles. The number of nitrogens with one attached hydrogen (secondary N) is 1. The Labute approximate surface area is 149 Å². The molecule has 1 amide bonds. The van der Waals surface area contributed by atoms with Crippen molar-refractivity contribution in [2.24, 2.45) is 0 Å². The van der Waals surface area contributed by atoms with Crippen molar-refractivity contribution >= 4 is 5.91 Å². The van der Waals surface area contributed by atoms with Crippen LogP contribution in [-0.2, 0) is 36.8 Å². The van der Waals surface area contributed by atoms with Crippen molar-refractivity contribution in [2.45, 2.75) is 51.2 Å². The van der Waals surface area contributed by atoms with Crippen molar-refractivity contribution in [1.29, 1.82) is 0 Å². The summed E-state index contributed by atoms with van der Waals surface area (Å²) in [6, 6.07) is 5.65. The van der Waals surface area contributed by atoms with Crippen molar-refractivity contribution in [2.75, 3.05) is 6.54 Å². The molecule has 0 spiro atoms. The molecular weight excluding hydrogens is 345 g/mol. The van der Waals surface area contributed by atoms with Crippen molar-refractivity contribution in [1.82, 2.24) is 20.1 Å². The number of carbonyl (C=O) groups is 1. The number of rotatable bonds is 6. The van der Waals surface area contributed by atoms with Crippen LogP contribution in [0.3, 0.4) is 0 Å². The summed E-state index contributed by atoms with van der Waals surface area (Å²) in [6.45, 7) is 0.271. The van der Waals surface area contributed by atoms with Gasteiger partial charge in [-0.25, -0.2) is 0 Å². The third-order valence-electron chi connectivity index (χ3n) is 4.48. The minimum atomic E-state index is -4.48. The first-order chi connectivity index (χ1) is 12.4. The monoisotopic (exact) mass is 366 g/mol. The highest BCUT2D eigenvalue weighted by Gasteiger charge is 2.39. The molecule has 2 aromatic rings. The molecule has 26 heavy (non-hydrogen) atoms. The number of fused-ring (bicyclic) bond motifs is 1. The predicted octanol–water partition coefficient (Wildman–Crippen LogP) is 2.92. The number of halogens is 3. The van der Waals surface area contributed by atoms with E-state index in [1.807, 2.05) is 18.2 Å². The molecule has 0 saturated heterocycles. The number of pyridine rings is 1. The van der Waals surface area contributed by atoms with E-state index in [0.717, 1.165) is 25.0 Å². The molecule has 3 rings (SSSR count). The van der Waals surface area contributed by atoms with Crippen molar-refractivity contribution in [3.63, 3.8) is 0 Å². The Morgan fingerprint density at radius 1 is 1.23 bits per heavy atom. The molecule has 1 aliphatic carbocycles. The smallest absolute Gasteiger partial charge is 0.354 e. The predicted molar refractivity (Wildman–Crippen MR) is 89.4 cm³/mol. The van der Waals surface area contributed by atoms with Crippen LogP contribution < -0.4 is 5.32 Å². The minimum absolute atomic E-state index is 0.179. The van der Waals surface area contributed by atoms with Gasteiger partial charge in [0.1, 0.15) is 6.54 Å². The van der Waals surface area contributed by atoms with Crippen LogP contribution in [0.2, 0.25) is 0 Å². The van der Waals surface area contributed by atoms with Gasteiger partial charge in [-0.1, -0.05) is 6.07 Å². The topological polar surface area (TPSA) is 59.8 Å². The van der Waals surface area contributed by atoms with Crippen LogP contribution in [0.1, 0.15) is 41.9 Å². The van der Waals surface area contributed by atoms with Gasteiger partial charge in [-0.3, -0.25) is 14.5 Å². The van der Waals surface area contributed by atoms with Gasteiger partial charge in [0, 0.05) is 29.7 Å².